The van der Waals surface area contributed by atoms with Gasteiger partial charge in [0.05, 0.1) is 10.6 Å². The van der Waals surface area contributed by atoms with Crippen molar-refractivity contribution in [3.8, 4) is 0 Å². The molecule has 5 nitrogen and oxygen atoms in total. The monoisotopic (exact) mass is 254 g/mol. The van der Waals surface area contributed by atoms with Crippen molar-refractivity contribution < 1.29 is 13.2 Å². The van der Waals surface area contributed by atoms with Gasteiger partial charge in [-0.05, 0) is 25.5 Å². The third-order valence-corrected chi connectivity index (χ3v) is 5.60. The second-order valence-corrected chi connectivity index (χ2v) is 6.90. The smallest absolute Gasteiger partial charge is 0.245 e. The Labute approximate surface area is 99.9 Å². The molecule has 6 heteroatoms. The fraction of sp³-hybridized carbons (Fsp3) is 0.364. The molecule has 0 bridgehead atoms. The lowest BCUT2D eigenvalue weighted by Gasteiger charge is -2.31. The molecule has 1 aromatic carbocycles. The molecule has 1 aliphatic heterocycles. The van der Waals surface area contributed by atoms with Crippen molar-refractivity contribution in [1.82, 2.24) is 0 Å². The third-order valence-electron chi connectivity index (χ3n) is 3.05. The van der Waals surface area contributed by atoms with E-state index in [9.17, 15) is 13.2 Å². The van der Waals surface area contributed by atoms with E-state index in [1.165, 1.54) is 13.8 Å². The van der Waals surface area contributed by atoms with Gasteiger partial charge < -0.3 is 11.1 Å². The summed E-state index contributed by atoms with van der Waals surface area (Å²) in [5.74, 6) is -0.515. The van der Waals surface area contributed by atoms with Crippen LogP contribution in [0.25, 0.3) is 0 Å². The molecular weight excluding hydrogens is 240 g/mol. The van der Waals surface area contributed by atoms with Crippen molar-refractivity contribution in [3.05, 3.63) is 23.8 Å². The van der Waals surface area contributed by atoms with E-state index in [1.54, 1.807) is 18.2 Å². The molecule has 0 unspecified atom stereocenters. The summed E-state index contributed by atoms with van der Waals surface area (Å²) in [6.45, 7) is 2.91. The van der Waals surface area contributed by atoms with Crippen LogP contribution >= 0.6 is 0 Å². The number of anilines is 1. The first-order valence-corrected chi connectivity index (χ1v) is 6.68. The number of fused-ring (bicyclic) bond motifs is 1. The Morgan fingerprint density at radius 3 is 2.59 bits per heavy atom. The summed E-state index contributed by atoms with van der Waals surface area (Å²) in [7, 11) is -3.70. The standard InChI is InChI=1S/C11H14N2O3S/c1-11(2)10(14)13-8-5-3-4-7(6-12)9(8)17(11,15)16/h3-5H,6,12H2,1-2H3,(H,13,14). The van der Waals surface area contributed by atoms with Crippen molar-refractivity contribution in [2.75, 3.05) is 5.32 Å². The number of rotatable bonds is 1. The van der Waals surface area contributed by atoms with Crippen LogP contribution in [0.2, 0.25) is 0 Å². The predicted molar refractivity (Wildman–Crippen MR) is 64.2 cm³/mol. The van der Waals surface area contributed by atoms with Crippen LogP contribution in [-0.4, -0.2) is 19.1 Å². The molecule has 1 aliphatic rings. The van der Waals surface area contributed by atoms with Gasteiger partial charge in [0.15, 0.2) is 9.84 Å². The van der Waals surface area contributed by atoms with Gasteiger partial charge in [-0.2, -0.15) is 0 Å². The van der Waals surface area contributed by atoms with Gasteiger partial charge in [-0.3, -0.25) is 4.79 Å². The van der Waals surface area contributed by atoms with E-state index in [0.29, 0.717) is 11.3 Å². The fourth-order valence-electron chi connectivity index (χ4n) is 1.81. The summed E-state index contributed by atoms with van der Waals surface area (Å²) in [4.78, 5) is 11.9. The summed E-state index contributed by atoms with van der Waals surface area (Å²) in [6.07, 6.45) is 0. The van der Waals surface area contributed by atoms with Gasteiger partial charge in [0, 0.05) is 6.54 Å². The molecule has 1 heterocycles. The van der Waals surface area contributed by atoms with Crippen molar-refractivity contribution in [3.63, 3.8) is 0 Å². The highest BCUT2D eigenvalue weighted by Crippen LogP contribution is 2.38. The SMILES string of the molecule is CC1(C)C(=O)Nc2cccc(CN)c2S1(=O)=O. The van der Waals surface area contributed by atoms with E-state index in [4.69, 9.17) is 5.73 Å². The maximum atomic E-state index is 12.4. The number of carbonyl (C=O) groups excluding carboxylic acids is 1. The summed E-state index contributed by atoms with van der Waals surface area (Å²) in [5, 5.41) is 2.61. The maximum absolute atomic E-state index is 12.4. The summed E-state index contributed by atoms with van der Waals surface area (Å²) < 4.78 is 23.3. The molecule has 0 radical (unpaired) electrons. The molecule has 17 heavy (non-hydrogen) atoms. The molecule has 0 fully saturated rings. The molecule has 3 N–H and O–H groups in total. The van der Waals surface area contributed by atoms with Crippen LogP contribution in [0.4, 0.5) is 5.69 Å². The van der Waals surface area contributed by atoms with E-state index in [1.807, 2.05) is 0 Å². The van der Waals surface area contributed by atoms with Crippen LogP contribution in [0.15, 0.2) is 23.1 Å². The van der Waals surface area contributed by atoms with Crippen LogP contribution in [-0.2, 0) is 21.2 Å². The zero-order chi connectivity index (χ0) is 12.8. The Hall–Kier alpha value is -1.40. The number of hydrogen-bond acceptors (Lipinski definition) is 4. The van der Waals surface area contributed by atoms with E-state index >= 15 is 0 Å². The number of hydrogen-bond donors (Lipinski definition) is 2. The van der Waals surface area contributed by atoms with Crippen LogP contribution in [0.1, 0.15) is 19.4 Å². The van der Waals surface area contributed by atoms with Crippen molar-refractivity contribution >= 4 is 21.4 Å². The number of amides is 1. The number of nitrogens with one attached hydrogen (secondary N) is 1. The fourth-order valence-corrected chi connectivity index (χ4v) is 3.52. The lowest BCUT2D eigenvalue weighted by atomic mass is 10.1. The quantitative estimate of drug-likeness (QED) is 0.770. The van der Waals surface area contributed by atoms with Gasteiger partial charge >= 0.3 is 0 Å². The van der Waals surface area contributed by atoms with Gasteiger partial charge in [0.25, 0.3) is 0 Å². The molecular formula is C11H14N2O3S. The Bertz CT molecular complexity index is 591. The van der Waals surface area contributed by atoms with Crippen LogP contribution in [0, 0.1) is 0 Å². The van der Waals surface area contributed by atoms with Crippen LogP contribution in [0.3, 0.4) is 0 Å². The lowest BCUT2D eigenvalue weighted by molar-refractivity contribution is -0.118. The third kappa shape index (κ3) is 1.48. The summed E-state index contributed by atoms with van der Waals surface area (Å²) in [6, 6.07) is 4.90. The van der Waals surface area contributed by atoms with Crippen molar-refractivity contribution in [1.29, 1.82) is 0 Å². The molecule has 0 saturated heterocycles. The zero-order valence-electron chi connectivity index (χ0n) is 9.65. The Morgan fingerprint density at radius 2 is 2.00 bits per heavy atom. The molecule has 1 aromatic rings. The Morgan fingerprint density at radius 1 is 1.35 bits per heavy atom. The first-order valence-electron chi connectivity index (χ1n) is 5.20. The van der Waals surface area contributed by atoms with Crippen LogP contribution < -0.4 is 11.1 Å². The first-order chi connectivity index (χ1) is 7.82. The minimum absolute atomic E-state index is 0.119. The number of benzene rings is 1. The topological polar surface area (TPSA) is 89.3 Å². The average molecular weight is 254 g/mol. The zero-order valence-corrected chi connectivity index (χ0v) is 10.5. The van der Waals surface area contributed by atoms with Crippen molar-refractivity contribution in [2.45, 2.75) is 30.0 Å². The molecule has 0 atom stereocenters. The Kier molecular flexibility index (Phi) is 2.52. The lowest BCUT2D eigenvalue weighted by Crippen LogP contribution is -2.48. The normalized spacial score (nSPS) is 20.5. The highest BCUT2D eigenvalue weighted by molar-refractivity contribution is 7.94. The molecule has 2 rings (SSSR count). The largest absolute Gasteiger partial charge is 0.326 e. The van der Waals surface area contributed by atoms with Crippen LogP contribution in [0.5, 0.6) is 0 Å². The minimum atomic E-state index is -3.70. The average Bonchev–Trinajstić information content (AvgIpc) is 2.26. The highest BCUT2D eigenvalue weighted by Gasteiger charge is 2.48. The van der Waals surface area contributed by atoms with Gasteiger partial charge in [-0.1, -0.05) is 12.1 Å². The molecule has 1 amide bonds. The second-order valence-electron chi connectivity index (χ2n) is 4.47. The highest BCUT2D eigenvalue weighted by atomic mass is 32.2. The van der Waals surface area contributed by atoms with Gasteiger partial charge in [0.1, 0.15) is 4.75 Å². The Balaban J connectivity index is 2.83. The molecule has 0 aliphatic carbocycles. The van der Waals surface area contributed by atoms with E-state index in [-0.39, 0.29) is 11.4 Å². The van der Waals surface area contributed by atoms with E-state index in [2.05, 4.69) is 5.32 Å². The molecule has 0 spiro atoms. The summed E-state index contributed by atoms with van der Waals surface area (Å²) >= 11 is 0. The van der Waals surface area contributed by atoms with E-state index in [0.717, 1.165) is 0 Å². The number of nitrogens with two attached hydrogens (primary N) is 1. The van der Waals surface area contributed by atoms with E-state index < -0.39 is 20.5 Å². The number of sulfone groups is 1. The van der Waals surface area contributed by atoms with Gasteiger partial charge in [-0.15, -0.1) is 0 Å². The van der Waals surface area contributed by atoms with Crippen molar-refractivity contribution in [2.24, 2.45) is 5.73 Å². The van der Waals surface area contributed by atoms with Gasteiger partial charge in [-0.25, -0.2) is 8.42 Å². The second kappa shape index (κ2) is 3.54. The molecule has 0 aromatic heterocycles. The van der Waals surface area contributed by atoms with Gasteiger partial charge in [0.2, 0.25) is 5.91 Å². The molecule has 0 saturated carbocycles. The molecule has 92 valence electrons. The summed E-state index contributed by atoms with van der Waals surface area (Å²) in [5.41, 5.74) is 6.38. The maximum Gasteiger partial charge on any atom is 0.245 e. The number of carbonyl (C=O) groups is 1. The minimum Gasteiger partial charge on any atom is -0.326 e. The first kappa shape index (κ1) is 12.1. The predicted octanol–water partition coefficient (Wildman–Crippen LogP) is 0.650.